The summed E-state index contributed by atoms with van der Waals surface area (Å²) in [7, 11) is 0. The molecule has 6 heteroatoms. The highest BCUT2D eigenvalue weighted by Crippen LogP contribution is 2.30. The number of halogens is 4. The van der Waals surface area contributed by atoms with Gasteiger partial charge in [0.1, 0.15) is 0 Å². The first-order valence-corrected chi connectivity index (χ1v) is 4.47. The number of aromatic nitrogens is 2. The van der Waals surface area contributed by atoms with Crippen molar-refractivity contribution in [3.05, 3.63) is 34.8 Å². The van der Waals surface area contributed by atoms with Crippen LogP contribution in [-0.4, -0.2) is 9.38 Å². The van der Waals surface area contributed by atoms with E-state index in [1.54, 1.807) is 0 Å². The Balaban J connectivity index is 2.63. The topological polar surface area (TPSA) is 17.3 Å². The summed E-state index contributed by atoms with van der Waals surface area (Å²) in [4.78, 5) is 3.83. The number of hydrogen-bond donors (Lipinski definition) is 0. The lowest BCUT2D eigenvalue weighted by Crippen LogP contribution is -2.05. The number of alkyl halides is 3. The van der Waals surface area contributed by atoms with Crippen molar-refractivity contribution in [2.45, 2.75) is 6.18 Å². The lowest BCUT2D eigenvalue weighted by atomic mass is 10.2. The van der Waals surface area contributed by atoms with Gasteiger partial charge in [-0.15, -0.1) is 0 Å². The van der Waals surface area contributed by atoms with E-state index in [4.69, 9.17) is 0 Å². The first-order valence-electron chi connectivity index (χ1n) is 3.68. The molecule has 2 heterocycles. The van der Waals surface area contributed by atoms with E-state index in [1.807, 2.05) is 0 Å². The summed E-state index contributed by atoms with van der Waals surface area (Å²) in [5, 5.41) is 0. The second kappa shape index (κ2) is 2.98. The van der Waals surface area contributed by atoms with E-state index in [-0.39, 0.29) is 0 Å². The summed E-state index contributed by atoms with van der Waals surface area (Å²) in [6.07, 6.45) is -1.60. The third-order valence-electron chi connectivity index (χ3n) is 1.81. The van der Waals surface area contributed by atoms with Crippen molar-refractivity contribution in [2.75, 3.05) is 0 Å². The van der Waals surface area contributed by atoms with Gasteiger partial charge in [-0.1, -0.05) is 0 Å². The molecule has 0 aliphatic carbocycles. The van der Waals surface area contributed by atoms with E-state index in [2.05, 4.69) is 20.9 Å². The standard InChI is InChI=1S/C8H4BrF3N2/c9-7-13-4-6-3-5(8(10,11)12)1-2-14(6)7/h1-4H. The second-order valence-electron chi connectivity index (χ2n) is 2.74. The van der Waals surface area contributed by atoms with Crippen molar-refractivity contribution in [1.82, 2.24) is 9.38 Å². The van der Waals surface area contributed by atoms with Gasteiger partial charge in [-0.2, -0.15) is 13.2 Å². The van der Waals surface area contributed by atoms with Crippen molar-refractivity contribution in [3.63, 3.8) is 0 Å². The van der Waals surface area contributed by atoms with E-state index in [1.165, 1.54) is 16.8 Å². The first-order chi connectivity index (χ1) is 6.48. The molecule has 0 atom stereocenters. The van der Waals surface area contributed by atoms with Crippen molar-refractivity contribution in [2.24, 2.45) is 0 Å². The summed E-state index contributed by atoms with van der Waals surface area (Å²) < 4.78 is 38.9. The Hall–Kier alpha value is -1.04. The molecule has 0 unspecified atom stereocenters. The van der Waals surface area contributed by atoms with Crippen LogP contribution in [0.1, 0.15) is 5.56 Å². The van der Waals surface area contributed by atoms with Crippen LogP contribution >= 0.6 is 15.9 Å². The molecular formula is C8H4BrF3N2. The Morgan fingerprint density at radius 2 is 2.07 bits per heavy atom. The number of fused-ring (bicyclic) bond motifs is 1. The lowest BCUT2D eigenvalue weighted by molar-refractivity contribution is -0.137. The fourth-order valence-electron chi connectivity index (χ4n) is 1.14. The molecule has 2 aromatic heterocycles. The fraction of sp³-hybridized carbons (Fsp3) is 0.125. The van der Waals surface area contributed by atoms with E-state index < -0.39 is 11.7 Å². The minimum Gasteiger partial charge on any atom is -0.294 e. The molecule has 0 amide bonds. The Morgan fingerprint density at radius 3 is 2.71 bits per heavy atom. The molecule has 0 aliphatic heterocycles. The average Bonchev–Trinajstić information content (AvgIpc) is 2.46. The second-order valence-corrected chi connectivity index (χ2v) is 3.44. The maximum atomic E-state index is 12.3. The zero-order chi connectivity index (χ0) is 10.3. The zero-order valence-electron chi connectivity index (χ0n) is 6.72. The van der Waals surface area contributed by atoms with E-state index >= 15 is 0 Å². The van der Waals surface area contributed by atoms with Crippen LogP contribution in [-0.2, 0) is 6.18 Å². The van der Waals surface area contributed by atoms with Gasteiger partial charge < -0.3 is 0 Å². The lowest BCUT2D eigenvalue weighted by Gasteiger charge is -2.06. The van der Waals surface area contributed by atoms with Gasteiger partial charge in [0.15, 0.2) is 4.73 Å². The molecule has 2 aromatic rings. The van der Waals surface area contributed by atoms with E-state index in [0.29, 0.717) is 10.3 Å². The highest BCUT2D eigenvalue weighted by molar-refractivity contribution is 9.10. The van der Waals surface area contributed by atoms with Gasteiger partial charge in [-0.3, -0.25) is 4.40 Å². The summed E-state index contributed by atoms with van der Waals surface area (Å²) in [5.41, 5.74) is -0.260. The van der Waals surface area contributed by atoms with Crippen molar-refractivity contribution in [1.29, 1.82) is 0 Å². The summed E-state index contributed by atoms with van der Waals surface area (Å²) in [6, 6.07) is 2.07. The van der Waals surface area contributed by atoms with Gasteiger partial charge in [0, 0.05) is 6.20 Å². The quantitative estimate of drug-likeness (QED) is 0.715. The third kappa shape index (κ3) is 1.50. The van der Waals surface area contributed by atoms with Crippen LogP contribution in [0.25, 0.3) is 5.52 Å². The van der Waals surface area contributed by atoms with Crippen LogP contribution in [0.4, 0.5) is 13.2 Å². The molecule has 0 N–H and O–H groups in total. The van der Waals surface area contributed by atoms with E-state index in [9.17, 15) is 13.2 Å². The average molecular weight is 265 g/mol. The maximum Gasteiger partial charge on any atom is 0.416 e. The van der Waals surface area contributed by atoms with Crippen LogP contribution < -0.4 is 0 Å². The maximum absolute atomic E-state index is 12.3. The Bertz CT molecular complexity index is 475. The molecule has 0 bridgehead atoms. The van der Waals surface area contributed by atoms with Gasteiger partial charge >= 0.3 is 6.18 Å². The highest BCUT2D eigenvalue weighted by Gasteiger charge is 2.30. The largest absolute Gasteiger partial charge is 0.416 e. The number of hydrogen-bond acceptors (Lipinski definition) is 1. The van der Waals surface area contributed by atoms with Crippen molar-refractivity contribution in [3.8, 4) is 0 Å². The molecule has 0 saturated heterocycles. The normalized spacial score (nSPS) is 12.3. The molecular weight excluding hydrogens is 261 g/mol. The van der Waals surface area contributed by atoms with Crippen LogP contribution in [0.5, 0.6) is 0 Å². The van der Waals surface area contributed by atoms with Crippen LogP contribution in [0.2, 0.25) is 0 Å². The Morgan fingerprint density at radius 1 is 1.36 bits per heavy atom. The molecule has 0 aromatic carbocycles. The summed E-state index contributed by atoms with van der Waals surface area (Å²) >= 11 is 3.11. The van der Waals surface area contributed by atoms with Crippen molar-refractivity contribution >= 4 is 21.4 Å². The third-order valence-corrected chi connectivity index (χ3v) is 2.40. The van der Waals surface area contributed by atoms with Crippen LogP contribution in [0, 0.1) is 0 Å². The molecule has 74 valence electrons. The smallest absolute Gasteiger partial charge is 0.294 e. The molecule has 2 rings (SSSR count). The van der Waals surface area contributed by atoms with E-state index in [0.717, 1.165) is 12.1 Å². The molecule has 2 nitrogen and oxygen atoms in total. The minimum absolute atomic E-state index is 0.409. The summed E-state index contributed by atoms with van der Waals surface area (Å²) in [5.74, 6) is 0. The molecule has 0 spiro atoms. The summed E-state index contributed by atoms with van der Waals surface area (Å²) in [6.45, 7) is 0. The highest BCUT2D eigenvalue weighted by atomic mass is 79.9. The number of nitrogens with zero attached hydrogens (tertiary/aromatic N) is 2. The molecule has 14 heavy (non-hydrogen) atoms. The number of imidazole rings is 1. The van der Waals surface area contributed by atoms with Crippen molar-refractivity contribution < 1.29 is 13.2 Å². The van der Waals surface area contributed by atoms with Gasteiger partial charge in [-0.05, 0) is 28.1 Å². The monoisotopic (exact) mass is 264 g/mol. The predicted octanol–water partition coefficient (Wildman–Crippen LogP) is 3.12. The van der Waals surface area contributed by atoms with Gasteiger partial charge in [-0.25, -0.2) is 4.98 Å². The van der Waals surface area contributed by atoms with Crippen LogP contribution in [0.3, 0.4) is 0 Å². The van der Waals surface area contributed by atoms with Gasteiger partial charge in [0.05, 0.1) is 17.3 Å². The Labute approximate surface area is 85.5 Å². The number of rotatable bonds is 0. The molecule has 0 fully saturated rings. The minimum atomic E-state index is -4.31. The SMILES string of the molecule is FC(F)(F)c1ccn2c(Br)ncc2c1. The first kappa shape index (κ1) is 9.51. The number of pyridine rings is 1. The molecule has 0 radical (unpaired) electrons. The predicted molar refractivity (Wildman–Crippen MR) is 47.9 cm³/mol. The van der Waals surface area contributed by atoms with Crippen LogP contribution in [0.15, 0.2) is 29.3 Å². The Kier molecular flexibility index (Phi) is 2.02. The molecule has 0 aliphatic rings. The fourth-order valence-corrected chi connectivity index (χ4v) is 1.57. The molecule has 0 saturated carbocycles. The van der Waals surface area contributed by atoms with Gasteiger partial charge in [0.25, 0.3) is 0 Å². The van der Waals surface area contributed by atoms with Gasteiger partial charge in [0.2, 0.25) is 0 Å². The zero-order valence-corrected chi connectivity index (χ0v) is 8.30.